The molecule has 1 heterocycles. The normalized spacial score (nSPS) is 12.8. The van der Waals surface area contributed by atoms with Gasteiger partial charge in [-0.1, -0.05) is 12.1 Å². The number of nitro groups is 1. The second kappa shape index (κ2) is 6.08. The van der Waals surface area contributed by atoms with E-state index in [0.29, 0.717) is 6.54 Å². The number of carbonyl (C=O) groups is 1. The van der Waals surface area contributed by atoms with Crippen LogP contribution in [0.1, 0.15) is 18.1 Å². The number of non-ortho nitro benzene ring substituents is 1. The van der Waals surface area contributed by atoms with Gasteiger partial charge in [0.1, 0.15) is 0 Å². The van der Waals surface area contributed by atoms with Gasteiger partial charge in [0.05, 0.1) is 4.92 Å². The van der Waals surface area contributed by atoms with Crippen LogP contribution >= 0.6 is 0 Å². The topological polar surface area (TPSA) is 75.5 Å². The average molecular weight is 311 g/mol. The summed E-state index contributed by atoms with van der Waals surface area (Å²) >= 11 is 0. The zero-order chi connectivity index (χ0) is 16.4. The minimum Gasteiger partial charge on any atom is -0.381 e. The molecule has 1 N–H and O–H groups in total. The minimum absolute atomic E-state index is 0.0651. The van der Waals surface area contributed by atoms with Gasteiger partial charge < -0.3 is 10.2 Å². The zero-order valence-electron chi connectivity index (χ0n) is 12.8. The summed E-state index contributed by atoms with van der Waals surface area (Å²) in [5.74, 6) is 0.0651. The van der Waals surface area contributed by atoms with Crippen LogP contribution in [0, 0.1) is 10.1 Å². The lowest BCUT2D eigenvalue weighted by Gasteiger charge is -2.15. The second-order valence-corrected chi connectivity index (χ2v) is 5.54. The Morgan fingerprint density at radius 1 is 1.26 bits per heavy atom. The molecule has 0 saturated carbocycles. The van der Waals surface area contributed by atoms with Crippen molar-refractivity contribution in [1.29, 1.82) is 0 Å². The van der Waals surface area contributed by atoms with Gasteiger partial charge in [-0.3, -0.25) is 14.9 Å². The highest BCUT2D eigenvalue weighted by Crippen LogP contribution is 2.30. The third-order valence-corrected chi connectivity index (χ3v) is 4.00. The highest BCUT2D eigenvalue weighted by atomic mass is 16.6. The van der Waals surface area contributed by atoms with Crippen LogP contribution in [0.25, 0.3) is 0 Å². The van der Waals surface area contributed by atoms with E-state index in [1.807, 2.05) is 12.1 Å². The molecule has 0 aromatic heterocycles. The molecule has 0 radical (unpaired) electrons. The molecule has 6 nitrogen and oxygen atoms in total. The first kappa shape index (κ1) is 15.0. The molecule has 1 aliphatic rings. The van der Waals surface area contributed by atoms with E-state index in [1.165, 1.54) is 12.1 Å². The number of amides is 1. The summed E-state index contributed by atoms with van der Waals surface area (Å²) in [6.07, 6.45) is 0.863. The molecule has 0 spiro atoms. The molecule has 0 atom stereocenters. The van der Waals surface area contributed by atoms with Crippen LogP contribution in [0.3, 0.4) is 0 Å². The number of benzene rings is 2. The van der Waals surface area contributed by atoms with Crippen molar-refractivity contribution in [2.75, 3.05) is 16.8 Å². The van der Waals surface area contributed by atoms with Gasteiger partial charge in [-0.25, -0.2) is 0 Å². The summed E-state index contributed by atoms with van der Waals surface area (Å²) in [6.45, 7) is 2.90. The highest BCUT2D eigenvalue weighted by Gasteiger charge is 2.21. The second-order valence-electron chi connectivity index (χ2n) is 5.54. The first-order chi connectivity index (χ1) is 11.0. The van der Waals surface area contributed by atoms with E-state index < -0.39 is 4.92 Å². The van der Waals surface area contributed by atoms with E-state index in [2.05, 4.69) is 11.4 Å². The van der Waals surface area contributed by atoms with Gasteiger partial charge in [-0.2, -0.15) is 0 Å². The molecule has 0 bridgehead atoms. The van der Waals surface area contributed by atoms with E-state index in [0.717, 1.165) is 35.5 Å². The monoisotopic (exact) mass is 311 g/mol. The summed E-state index contributed by atoms with van der Waals surface area (Å²) in [6, 6.07) is 12.5. The van der Waals surface area contributed by atoms with Gasteiger partial charge in [0, 0.05) is 43.5 Å². The van der Waals surface area contributed by atoms with Crippen LogP contribution in [0.2, 0.25) is 0 Å². The maximum absolute atomic E-state index is 11.5. The van der Waals surface area contributed by atoms with Crippen molar-refractivity contribution < 1.29 is 9.72 Å². The molecule has 2 aromatic rings. The fourth-order valence-corrected chi connectivity index (χ4v) is 2.78. The number of nitrogens with zero attached hydrogens (tertiary/aromatic N) is 2. The van der Waals surface area contributed by atoms with Gasteiger partial charge in [0.2, 0.25) is 5.91 Å². The first-order valence-corrected chi connectivity index (χ1v) is 7.43. The van der Waals surface area contributed by atoms with Crippen molar-refractivity contribution in [3.63, 3.8) is 0 Å². The lowest BCUT2D eigenvalue weighted by molar-refractivity contribution is -0.384. The molecule has 3 rings (SSSR count). The Balaban J connectivity index is 1.67. The molecule has 1 aliphatic heterocycles. The molecule has 0 unspecified atom stereocenters. The van der Waals surface area contributed by atoms with Crippen molar-refractivity contribution in [2.45, 2.75) is 19.9 Å². The van der Waals surface area contributed by atoms with Crippen molar-refractivity contribution in [2.24, 2.45) is 0 Å². The highest BCUT2D eigenvalue weighted by molar-refractivity contribution is 5.94. The average Bonchev–Trinajstić information content (AvgIpc) is 2.96. The van der Waals surface area contributed by atoms with Gasteiger partial charge >= 0.3 is 0 Å². The molecule has 0 saturated heterocycles. The van der Waals surface area contributed by atoms with Crippen molar-refractivity contribution in [3.05, 3.63) is 63.7 Å². The number of carbonyl (C=O) groups excluding carboxylic acids is 1. The number of nitrogens with one attached hydrogen (secondary N) is 1. The van der Waals surface area contributed by atoms with E-state index in [-0.39, 0.29) is 11.6 Å². The fraction of sp³-hybridized carbons (Fsp3) is 0.235. The number of anilines is 2. The summed E-state index contributed by atoms with van der Waals surface area (Å²) in [7, 11) is 0. The van der Waals surface area contributed by atoms with Crippen molar-refractivity contribution in [1.82, 2.24) is 0 Å². The van der Waals surface area contributed by atoms with Crippen molar-refractivity contribution in [3.8, 4) is 0 Å². The Labute approximate surface area is 133 Å². The Hall–Kier alpha value is -2.89. The molecule has 118 valence electrons. The number of hydrogen-bond donors (Lipinski definition) is 1. The van der Waals surface area contributed by atoms with Gasteiger partial charge in [-0.15, -0.1) is 0 Å². The lowest BCUT2D eigenvalue weighted by Crippen LogP contribution is -2.25. The fourth-order valence-electron chi connectivity index (χ4n) is 2.78. The van der Waals surface area contributed by atoms with Gasteiger partial charge in [-0.05, 0) is 35.7 Å². The molecule has 0 fully saturated rings. The molecule has 23 heavy (non-hydrogen) atoms. The molecule has 6 heteroatoms. The summed E-state index contributed by atoms with van der Waals surface area (Å²) < 4.78 is 0. The van der Waals surface area contributed by atoms with E-state index >= 15 is 0 Å². The molecule has 1 amide bonds. The van der Waals surface area contributed by atoms with Crippen LogP contribution in [-0.2, 0) is 17.8 Å². The number of hydrogen-bond acceptors (Lipinski definition) is 4. The minimum atomic E-state index is -0.404. The Bertz CT molecular complexity index is 756. The first-order valence-electron chi connectivity index (χ1n) is 7.43. The van der Waals surface area contributed by atoms with Crippen LogP contribution < -0.4 is 10.2 Å². The summed E-state index contributed by atoms with van der Waals surface area (Å²) in [4.78, 5) is 23.6. The SMILES string of the molecule is CC(=O)N1CCc2cc(NCc3ccc([N+](=O)[O-])cc3)ccc21. The molecule has 2 aromatic carbocycles. The maximum Gasteiger partial charge on any atom is 0.269 e. The molecule has 0 aliphatic carbocycles. The van der Waals surface area contributed by atoms with Crippen molar-refractivity contribution >= 4 is 23.0 Å². The van der Waals surface area contributed by atoms with Gasteiger partial charge in [0.15, 0.2) is 0 Å². The lowest BCUT2D eigenvalue weighted by atomic mass is 10.1. The maximum atomic E-state index is 11.5. The van der Waals surface area contributed by atoms with Crippen LogP contribution in [-0.4, -0.2) is 17.4 Å². The van der Waals surface area contributed by atoms with E-state index in [4.69, 9.17) is 0 Å². The van der Waals surface area contributed by atoms with Gasteiger partial charge in [0.25, 0.3) is 5.69 Å². The van der Waals surface area contributed by atoms with Crippen LogP contribution in [0.5, 0.6) is 0 Å². The molecular formula is C17H17N3O3. The van der Waals surface area contributed by atoms with Crippen LogP contribution in [0.4, 0.5) is 17.1 Å². The molecular weight excluding hydrogens is 294 g/mol. The Morgan fingerprint density at radius 2 is 2.00 bits per heavy atom. The van der Waals surface area contributed by atoms with E-state index in [1.54, 1.807) is 24.0 Å². The smallest absolute Gasteiger partial charge is 0.269 e. The predicted molar refractivity (Wildman–Crippen MR) is 88.6 cm³/mol. The number of fused-ring (bicyclic) bond motifs is 1. The predicted octanol–water partition coefficient (Wildman–Crippen LogP) is 3.12. The number of rotatable bonds is 4. The quantitative estimate of drug-likeness (QED) is 0.695. The summed E-state index contributed by atoms with van der Waals surface area (Å²) in [5.41, 5.74) is 4.19. The number of nitro benzene ring substituents is 1. The van der Waals surface area contributed by atoms with E-state index in [9.17, 15) is 14.9 Å². The largest absolute Gasteiger partial charge is 0.381 e. The standard InChI is InChI=1S/C17H17N3O3/c1-12(21)19-9-8-14-10-15(4-7-17(14)19)18-11-13-2-5-16(6-3-13)20(22)23/h2-7,10,18H,8-9,11H2,1H3. The zero-order valence-corrected chi connectivity index (χ0v) is 12.8. The summed E-state index contributed by atoms with van der Waals surface area (Å²) in [5, 5.41) is 13.9. The van der Waals surface area contributed by atoms with Crippen LogP contribution in [0.15, 0.2) is 42.5 Å². The Morgan fingerprint density at radius 3 is 2.65 bits per heavy atom. The Kier molecular flexibility index (Phi) is 3.97. The third kappa shape index (κ3) is 3.15. The third-order valence-electron chi connectivity index (χ3n) is 4.00.